The number of carboxylic acids is 1. The highest BCUT2D eigenvalue weighted by atomic mass is 16.4. The van der Waals surface area contributed by atoms with Crippen molar-refractivity contribution in [3.8, 4) is 5.69 Å². The van der Waals surface area contributed by atoms with Crippen molar-refractivity contribution < 1.29 is 14.7 Å². The summed E-state index contributed by atoms with van der Waals surface area (Å²) < 4.78 is 1.73. The van der Waals surface area contributed by atoms with E-state index in [1.807, 2.05) is 36.4 Å². The Morgan fingerprint density at radius 2 is 1.85 bits per heavy atom. The van der Waals surface area contributed by atoms with E-state index in [1.54, 1.807) is 9.58 Å². The van der Waals surface area contributed by atoms with Crippen LogP contribution in [0.2, 0.25) is 0 Å². The number of rotatable bonds is 4. The van der Waals surface area contributed by atoms with Crippen molar-refractivity contribution in [2.24, 2.45) is 5.92 Å². The predicted octanol–water partition coefficient (Wildman–Crippen LogP) is 3.32. The van der Waals surface area contributed by atoms with Gasteiger partial charge in [0, 0.05) is 19.2 Å². The maximum atomic E-state index is 12.6. The van der Waals surface area contributed by atoms with Gasteiger partial charge >= 0.3 is 12.0 Å². The van der Waals surface area contributed by atoms with Gasteiger partial charge in [-0.15, -0.1) is 0 Å². The fraction of sp³-hybridized carbons (Fsp3) is 0.421. The third-order valence-electron chi connectivity index (χ3n) is 4.69. The van der Waals surface area contributed by atoms with Crippen LogP contribution in [0.5, 0.6) is 0 Å². The molecule has 0 aliphatic carbocycles. The lowest BCUT2D eigenvalue weighted by atomic mass is 9.97. The topological polar surface area (TPSA) is 87.5 Å². The zero-order valence-corrected chi connectivity index (χ0v) is 15.1. The van der Waals surface area contributed by atoms with Gasteiger partial charge in [0.2, 0.25) is 0 Å². The van der Waals surface area contributed by atoms with Gasteiger partial charge in [-0.05, 0) is 30.9 Å². The van der Waals surface area contributed by atoms with Gasteiger partial charge in [-0.3, -0.25) is 10.1 Å². The fourth-order valence-electron chi connectivity index (χ4n) is 3.05. The normalized spacial score (nSPS) is 15.3. The number of hydrogen-bond acceptors (Lipinski definition) is 3. The van der Waals surface area contributed by atoms with Crippen LogP contribution in [-0.2, 0) is 4.79 Å². The minimum atomic E-state index is -0.784. The van der Waals surface area contributed by atoms with Gasteiger partial charge < -0.3 is 10.0 Å². The molecule has 0 atom stereocenters. The predicted molar refractivity (Wildman–Crippen MR) is 98.6 cm³/mol. The van der Waals surface area contributed by atoms with Crippen molar-refractivity contribution in [2.45, 2.75) is 32.6 Å². The van der Waals surface area contributed by atoms with Crippen LogP contribution in [0.15, 0.2) is 36.4 Å². The average Bonchev–Trinajstić information content (AvgIpc) is 3.06. The van der Waals surface area contributed by atoms with Gasteiger partial charge in [0.15, 0.2) is 0 Å². The fourth-order valence-corrected chi connectivity index (χ4v) is 3.05. The zero-order chi connectivity index (χ0) is 18.7. The minimum Gasteiger partial charge on any atom is -0.481 e. The summed E-state index contributed by atoms with van der Waals surface area (Å²) in [5.74, 6) is -0.289. The van der Waals surface area contributed by atoms with E-state index in [-0.39, 0.29) is 17.9 Å². The Labute approximate surface area is 152 Å². The second-order valence-electron chi connectivity index (χ2n) is 6.89. The van der Waals surface area contributed by atoms with Gasteiger partial charge in [0.1, 0.15) is 5.82 Å². The van der Waals surface area contributed by atoms with Crippen LogP contribution in [0.25, 0.3) is 5.69 Å². The Balaban J connectivity index is 1.77. The summed E-state index contributed by atoms with van der Waals surface area (Å²) in [4.78, 5) is 25.4. The molecule has 138 valence electrons. The number of hydrogen-bond donors (Lipinski definition) is 2. The van der Waals surface area contributed by atoms with Crippen LogP contribution in [-0.4, -0.2) is 44.9 Å². The summed E-state index contributed by atoms with van der Waals surface area (Å²) >= 11 is 0. The maximum absolute atomic E-state index is 12.6. The van der Waals surface area contributed by atoms with Crippen molar-refractivity contribution in [1.82, 2.24) is 14.7 Å². The summed E-state index contributed by atoms with van der Waals surface area (Å²) in [6.07, 6.45) is 0.968. The molecule has 0 unspecified atom stereocenters. The summed E-state index contributed by atoms with van der Waals surface area (Å²) in [7, 11) is 0. The molecule has 0 spiro atoms. The Bertz CT molecular complexity index is 777. The quantitative estimate of drug-likeness (QED) is 0.880. The third kappa shape index (κ3) is 3.87. The van der Waals surface area contributed by atoms with E-state index in [0.717, 1.165) is 11.4 Å². The summed E-state index contributed by atoms with van der Waals surface area (Å²) in [5, 5.41) is 16.6. The average molecular weight is 356 g/mol. The van der Waals surface area contributed by atoms with E-state index in [9.17, 15) is 9.59 Å². The largest absolute Gasteiger partial charge is 0.481 e. The lowest BCUT2D eigenvalue weighted by Gasteiger charge is -2.30. The summed E-state index contributed by atoms with van der Waals surface area (Å²) in [5.41, 5.74) is 1.77. The minimum absolute atomic E-state index is 0.221. The highest BCUT2D eigenvalue weighted by Gasteiger charge is 2.27. The van der Waals surface area contributed by atoms with Crippen LogP contribution in [0, 0.1) is 5.92 Å². The number of benzene rings is 1. The molecule has 7 nitrogen and oxygen atoms in total. The van der Waals surface area contributed by atoms with E-state index in [2.05, 4.69) is 24.3 Å². The van der Waals surface area contributed by atoms with Crippen LogP contribution in [0.3, 0.4) is 0 Å². The second-order valence-corrected chi connectivity index (χ2v) is 6.89. The van der Waals surface area contributed by atoms with Gasteiger partial charge in [-0.25, -0.2) is 9.48 Å². The summed E-state index contributed by atoms with van der Waals surface area (Å²) in [6.45, 7) is 5.00. The van der Waals surface area contributed by atoms with Crippen LogP contribution < -0.4 is 5.32 Å². The number of amides is 2. The molecule has 1 aromatic carbocycles. The summed E-state index contributed by atoms with van der Waals surface area (Å²) in [6, 6.07) is 11.3. The first-order chi connectivity index (χ1) is 12.5. The number of piperidine rings is 1. The monoisotopic (exact) mass is 356 g/mol. The van der Waals surface area contributed by atoms with E-state index in [4.69, 9.17) is 5.11 Å². The van der Waals surface area contributed by atoms with E-state index >= 15 is 0 Å². The molecule has 3 rings (SSSR count). The molecule has 1 saturated heterocycles. The zero-order valence-electron chi connectivity index (χ0n) is 15.1. The van der Waals surface area contributed by atoms with Crippen molar-refractivity contribution in [3.05, 3.63) is 42.1 Å². The molecule has 1 aliphatic rings. The van der Waals surface area contributed by atoms with Crippen LogP contribution >= 0.6 is 0 Å². The molecule has 0 radical (unpaired) electrons. The van der Waals surface area contributed by atoms with Gasteiger partial charge in [-0.2, -0.15) is 5.10 Å². The molecule has 1 aromatic heterocycles. The van der Waals surface area contributed by atoms with Crippen LogP contribution in [0.4, 0.5) is 10.6 Å². The molecule has 1 fully saturated rings. The first-order valence-corrected chi connectivity index (χ1v) is 8.90. The third-order valence-corrected chi connectivity index (χ3v) is 4.69. The molecule has 0 bridgehead atoms. The number of anilines is 1. The Morgan fingerprint density at radius 3 is 2.42 bits per heavy atom. The molecular formula is C19H24N4O3. The van der Waals surface area contributed by atoms with Crippen LogP contribution in [0.1, 0.15) is 38.3 Å². The van der Waals surface area contributed by atoms with Crippen molar-refractivity contribution in [3.63, 3.8) is 0 Å². The number of urea groups is 1. The molecule has 2 heterocycles. The number of carbonyl (C=O) groups is 2. The molecule has 0 saturated carbocycles. The van der Waals surface area contributed by atoms with Crippen molar-refractivity contribution in [1.29, 1.82) is 0 Å². The van der Waals surface area contributed by atoms with Gasteiger partial charge in [0.25, 0.3) is 0 Å². The Hall–Kier alpha value is -2.83. The van der Waals surface area contributed by atoms with E-state index < -0.39 is 5.97 Å². The molecule has 2 N–H and O–H groups in total. The molecule has 2 amide bonds. The Kier molecular flexibility index (Phi) is 5.25. The molecule has 7 heteroatoms. The standard InChI is InChI=1S/C19H24N4O3/c1-13(2)16-12-17(23(21-16)15-6-4-3-5-7-15)20-19(26)22-10-8-14(9-11-22)18(24)25/h3-7,12-14H,8-11H2,1-2H3,(H,20,26)(H,24,25). The number of para-hydroxylation sites is 1. The van der Waals surface area contributed by atoms with Crippen molar-refractivity contribution >= 4 is 17.8 Å². The number of carboxylic acid groups (broad SMARTS) is 1. The van der Waals surface area contributed by atoms with Gasteiger partial charge in [0.05, 0.1) is 17.3 Å². The van der Waals surface area contributed by atoms with Gasteiger partial charge in [-0.1, -0.05) is 32.0 Å². The number of aliphatic carboxylic acids is 1. The van der Waals surface area contributed by atoms with E-state index in [1.165, 1.54) is 0 Å². The second kappa shape index (κ2) is 7.59. The number of aromatic nitrogens is 2. The smallest absolute Gasteiger partial charge is 0.323 e. The molecule has 1 aliphatic heterocycles. The number of likely N-dealkylation sites (tertiary alicyclic amines) is 1. The molecule has 26 heavy (non-hydrogen) atoms. The molecular weight excluding hydrogens is 332 g/mol. The number of nitrogens with zero attached hydrogens (tertiary/aromatic N) is 3. The maximum Gasteiger partial charge on any atom is 0.323 e. The lowest BCUT2D eigenvalue weighted by Crippen LogP contribution is -2.42. The van der Waals surface area contributed by atoms with Crippen molar-refractivity contribution in [2.75, 3.05) is 18.4 Å². The first-order valence-electron chi connectivity index (χ1n) is 8.90. The lowest BCUT2D eigenvalue weighted by molar-refractivity contribution is -0.143. The Morgan fingerprint density at radius 1 is 1.19 bits per heavy atom. The molecule has 2 aromatic rings. The highest BCUT2D eigenvalue weighted by Crippen LogP contribution is 2.23. The number of carbonyl (C=O) groups excluding carboxylic acids is 1. The first kappa shape index (κ1) is 18.0. The highest BCUT2D eigenvalue weighted by molar-refractivity contribution is 5.89. The van der Waals surface area contributed by atoms with E-state index in [0.29, 0.717) is 31.7 Å². The SMILES string of the molecule is CC(C)c1cc(NC(=O)N2CCC(C(=O)O)CC2)n(-c2ccccc2)n1. The number of nitrogens with one attached hydrogen (secondary N) is 1.